The van der Waals surface area contributed by atoms with Crippen molar-refractivity contribution in [3.05, 3.63) is 47.0 Å². The number of aromatic nitrogens is 2. The highest BCUT2D eigenvalue weighted by Gasteiger charge is 2.43. The first kappa shape index (κ1) is 26.5. The fraction of sp³-hybridized carbons (Fsp3) is 0.481. The van der Waals surface area contributed by atoms with Crippen LogP contribution in [0.3, 0.4) is 0 Å². The molecule has 5 aliphatic rings. The largest absolute Gasteiger partial charge is 0.378 e. The Kier molecular flexibility index (Phi) is 6.55. The monoisotopic (exact) mass is 597 g/mol. The molecule has 0 radical (unpaired) electrons. The number of benzene rings is 1. The van der Waals surface area contributed by atoms with Gasteiger partial charge in [0.1, 0.15) is 23.0 Å². The second-order valence-electron chi connectivity index (χ2n) is 11.0. The predicted octanol–water partition coefficient (Wildman–Crippen LogP) is 2.82. The van der Waals surface area contributed by atoms with Crippen molar-refractivity contribution in [2.45, 2.75) is 31.2 Å². The van der Waals surface area contributed by atoms with E-state index in [1.807, 2.05) is 17.3 Å². The Labute approximate surface area is 244 Å². The molecule has 41 heavy (non-hydrogen) atoms. The molecule has 3 fully saturated rings. The maximum absolute atomic E-state index is 12.1. The number of hydrogen-bond acceptors (Lipinski definition) is 11. The zero-order valence-electron chi connectivity index (χ0n) is 22.8. The van der Waals surface area contributed by atoms with Crippen molar-refractivity contribution in [3.63, 3.8) is 0 Å². The number of hydrogen-bond donors (Lipinski definition) is 1. The first-order valence-corrected chi connectivity index (χ1v) is 16.2. The van der Waals surface area contributed by atoms with Gasteiger partial charge >= 0.3 is 0 Å². The Hall–Kier alpha value is -3.42. The number of ether oxygens (including phenoxy) is 1. The number of rotatable bonds is 4. The van der Waals surface area contributed by atoms with E-state index in [0.29, 0.717) is 36.1 Å². The minimum Gasteiger partial charge on any atom is -0.378 e. The highest BCUT2D eigenvalue weighted by molar-refractivity contribution is 7.92. The summed E-state index contributed by atoms with van der Waals surface area (Å²) in [5, 5.41) is 8.24. The molecular formula is C27H32ClN9O3S. The Bertz CT molecular complexity index is 1620. The molecular weight excluding hydrogens is 566 g/mol. The van der Waals surface area contributed by atoms with E-state index in [-0.39, 0.29) is 5.95 Å². The van der Waals surface area contributed by atoms with Crippen molar-refractivity contribution >= 4 is 56.3 Å². The smallest absolute Gasteiger partial charge is 0.239 e. The number of morpholine rings is 1. The van der Waals surface area contributed by atoms with Crippen molar-refractivity contribution in [2.24, 2.45) is 10.1 Å². The summed E-state index contributed by atoms with van der Waals surface area (Å²) in [7, 11) is -3.59. The third-order valence-electron chi connectivity index (χ3n) is 8.09. The molecule has 0 unspecified atom stereocenters. The van der Waals surface area contributed by atoms with Gasteiger partial charge in [-0.3, -0.25) is 4.72 Å². The zero-order chi connectivity index (χ0) is 28.2. The van der Waals surface area contributed by atoms with Crippen LogP contribution in [0.4, 0.5) is 11.8 Å². The van der Waals surface area contributed by atoms with Crippen LogP contribution >= 0.6 is 11.6 Å². The van der Waals surface area contributed by atoms with Crippen LogP contribution in [0.15, 0.2) is 52.1 Å². The highest BCUT2D eigenvalue weighted by Crippen LogP contribution is 2.41. The Morgan fingerprint density at radius 2 is 1.85 bits per heavy atom. The topological polar surface area (TPSA) is 119 Å². The number of piperidine rings is 1. The van der Waals surface area contributed by atoms with Gasteiger partial charge in [-0.25, -0.2) is 18.4 Å². The van der Waals surface area contributed by atoms with E-state index in [4.69, 9.17) is 31.4 Å². The summed E-state index contributed by atoms with van der Waals surface area (Å²) in [6.45, 7) is 5.61. The molecule has 1 aromatic carbocycles. The second kappa shape index (κ2) is 10.1. The lowest BCUT2D eigenvalue weighted by atomic mass is 9.86. The molecule has 1 atom stereocenters. The molecule has 0 aliphatic carbocycles. The quantitative estimate of drug-likeness (QED) is 0.567. The maximum atomic E-state index is 12.1. The standard InChI is InChI=1S/C27H32ClN9O3S/c1-41(38,39)33-26-30-21-6-5-19(28)15-20(21)25(32-26)36-10-3-2-7-27(36)17-23-31-22(34-8-4-9-34)16-24(37(23)29-18-27)35-11-13-40-14-12-35/h5-6,15-18H,2-4,7-14H2,1H3,(H,30,32,33)/t27-/m1/s1. The van der Waals surface area contributed by atoms with Crippen molar-refractivity contribution in [1.29, 1.82) is 0 Å². The number of sulfonamides is 1. The van der Waals surface area contributed by atoms with Crippen molar-refractivity contribution in [1.82, 2.24) is 24.8 Å². The number of amidine groups is 1. The molecule has 0 saturated carbocycles. The van der Waals surface area contributed by atoms with Gasteiger partial charge in [-0.1, -0.05) is 11.6 Å². The molecule has 12 nitrogen and oxygen atoms in total. The summed E-state index contributed by atoms with van der Waals surface area (Å²) in [6.07, 6.45) is 11.3. The Morgan fingerprint density at radius 1 is 1.02 bits per heavy atom. The zero-order valence-corrected chi connectivity index (χ0v) is 24.4. The minimum absolute atomic E-state index is 0.0216. The first-order chi connectivity index (χ1) is 19.8. The van der Waals surface area contributed by atoms with E-state index in [1.165, 1.54) is 0 Å². The molecule has 5 aliphatic heterocycles. The Balaban J connectivity index is 1.34. The minimum atomic E-state index is -3.59. The number of nitrogens with one attached hydrogen (secondary N) is 1. The molecule has 1 N–H and O–H groups in total. The van der Waals surface area contributed by atoms with Gasteiger partial charge in [0.15, 0.2) is 5.82 Å². The van der Waals surface area contributed by atoms with Gasteiger partial charge in [0.05, 0.1) is 31.2 Å². The molecule has 1 aromatic heterocycles. The highest BCUT2D eigenvalue weighted by atomic mass is 35.5. The van der Waals surface area contributed by atoms with Gasteiger partial charge in [-0.05, 0) is 50.0 Å². The van der Waals surface area contributed by atoms with E-state index in [2.05, 4.69) is 36.6 Å². The third kappa shape index (κ3) is 4.99. The average molecular weight is 598 g/mol. The normalized spacial score (nSPS) is 24.6. The first-order valence-electron chi connectivity index (χ1n) is 14.0. The molecule has 1 spiro atoms. The van der Waals surface area contributed by atoms with Crippen LogP contribution in [0.25, 0.3) is 10.9 Å². The van der Waals surface area contributed by atoms with Crippen LogP contribution < -0.4 is 9.62 Å². The number of hydrazone groups is 1. The number of nitrogens with zero attached hydrogens (tertiary/aromatic N) is 8. The molecule has 0 amide bonds. The van der Waals surface area contributed by atoms with Crippen LogP contribution in [-0.4, -0.2) is 103 Å². The lowest BCUT2D eigenvalue weighted by Gasteiger charge is -2.48. The lowest BCUT2D eigenvalue weighted by molar-refractivity contribution is 0.0403. The van der Waals surface area contributed by atoms with Gasteiger partial charge in [0, 0.05) is 49.2 Å². The fourth-order valence-corrected chi connectivity index (χ4v) is 6.55. The number of likely N-dealkylation sites (tertiary alicyclic amines) is 1. The molecule has 216 valence electrons. The van der Waals surface area contributed by atoms with Gasteiger partial charge in [0.25, 0.3) is 0 Å². The SMILES string of the molecule is CS(=O)(=O)Nc1nc(N2CCCC[C@@]23C=NN2C(=C3)N=C(N3CCC3)C=C2N2CCOCC2)c2cc(Cl)ccc2n1. The molecule has 0 bridgehead atoms. The van der Waals surface area contributed by atoms with Gasteiger partial charge in [-0.2, -0.15) is 15.1 Å². The maximum Gasteiger partial charge on any atom is 0.239 e. The van der Waals surface area contributed by atoms with E-state index < -0.39 is 15.6 Å². The predicted molar refractivity (Wildman–Crippen MR) is 159 cm³/mol. The number of halogens is 1. The number of anilines is 2. The lowest BCUT2D eigenvalue weighted by Crippen LogP contribution is -2.55. The van der Waals surface area contributed by atoms with Crippen molar-refractivity contribution < 1.29 is 13.2 Å². The molecule has 3 saturated heterocycles. The van der Waals surface area contributed by atoms with Crippen LogP contribution in [-0.2, 0) is 14.8 Å². The van der Waals surface area contributed by atoms with Gasteiger partial charge < -0.3 is 19.4 Å². The molecule has 2 aromatic rings. The van der Waals surface area contributed by atoms with Crippen LogP contribution in [0.5, 0.6) is 0 Å². The summed E-state index contributed by atoms with van der Waals surface area (Å²) in [5.41, 5.74) is -0.0193. The summed E-state index contributed by atoms with van der Waals surface area (Å²) in [5.74, 6) is 3.36. The molecule has 7 rings (SSSR count). The van der Waals surface area contributed by atoms with Crippen molar-refractivity contribution in [3.8, 4) is 0 Å². The van der Waals surface area contributed by atoms with Gasteiger partial charge in [-0.15, -0.1) is 0 Å². The van der Waals surface area contributed by atoms with Crippen LogP contribution in [0, 0.1) is 0 Å². The average Bonchev–Trinajstić information content (AvgIpc) is 2.91. The number of fused-ring (bicyclic) bond motifs is 2. The summed E-state index contributed by atoms with van der Waals surface area (Å²) in [6, 6.07) is 5.36. The van der Waals surface area contributed by atoms with E-state index >= 15 is 0 Å². The van der Waals surface area contributed by atoms with E-state index in [1.54, 1.807) is 12.1 Å². The van der Waals surface area contributed by atoms with Crippen LogP contribution in [0.2, 0.25) is 5.02 Å². The summed E-state index contributed by atoms with van der Waals surface area (Å²) < 4.78 is 32.3. The van der Waals surface area contributed by atoms with Crippen molar-refractivity contribution in [2.75, 3.05) is 61.8 Å². The summed E-state index contributed by atoms with van der Waals surface area (Å²) in [4.78, 5) is 21.1. The van der Waals surface area contributed by atoms with E-state index in [9.17, 15) is 8.42 Å². The molecule has 6 heterocycles. The van der Waals surface area contributed by atoms with E-state index in [0.717, 1.165) is 81.0 Å². The fourth-order valence-electron chi connectivity index (χ4n) is 5.96. The second-order valence-corrected chi connectivity index (χ2v) is 13.2. The molecule has 14 heteroatoms. The van der Waals surface area contributed by atoms with Crippen LogP contribution in [0.1, 0.15) is 25.7 Å². The Morgan fingerprint density at radius 3 is 2.61 bits per heavy atom. The number of aliphatic imine (C=N–C) groups is 1. The third-order valence-corrected chi connectivity index (χ3v) is 8.88. The summed E-state index contributed by atoms with van der Waals surface area (Å²) >= 11 is 6.43. The van der Waals surface area contributed by atoms with Gasteiger partial charge in [0.2, 0.25) is 16.0 Å².